The first kappa shape index (κ1) is 15.7. The van der Waals surface area contributed by atoms with E-state index in [4.69, 9.17) is 0 Å². The van der Waals surface area contributed by atoms with Crippen molar-refractivity contribution in [1.29, 1.82) is 0 Å². The van der Waals surface area contributed by atoms with Gasteiger partial charge in [0.25, 0.3) is 5.91 Å². The third-order valence-corrected chi connectivity index (χ3v) is 4.58. The molecule has 2 unspecified atom stereocenters. The van der Waals surface area contributed by atoms with Crippen LogP contribution in [-0.2, 0) is 0 Å². The van der Waals surface area contributed by atoms with Gasteiger partial charge in [0.1, 0.15) is 0 Å². The molecule has 0 saturated heterocycles. The van der Waals surface area contributed by atoms with Crippen LogP contribution in [-0.4, -0.2) is 38.4 Å². The maximum Gasteiger partial charge on any atom is 0.254 e. The molecule has 23 heavy (non-hydrogen) atoms. The quantitative estimate of drug-likeness (QED) is 0.902. The van der Waals surface area contributed by atoms with E-state index in [1.54, 1.807) is 17.1 Å². The minimum absolute atomic E-state index is 0.0406. The summed E-state index contributed by atoms with van der Waals surface area (Å²) in [5.74, 6) is 0.712. The van der Waals surface area contributed by atoms with E-state index in [9.17, 15) is 9.90 Å². The Bertz CT molecular complexity index is 668. The van der Waals surface area contributed by atoms with E-state index in [1.165, 1.54) is 0 Å². The zero-order valence-corrected chi connectivity index (χ0v) is 13.3. The highest BCUT2D eigenvalue weighted by Gasteiger charge is 2.27. The third kappa shape index (κ3) is 3.27. The summed E-state index contributed by atoms with van der Waals surface area (Å²) in [4.78, 5) is 16.8. The Morgan fingerprint density at radius 1 is 1.39 bits per heavy atom. The summed E-state index contributed by atoms with van der Waals surface area (Å²) in [5, 5.41) is 16.8. The van der Waals surface area contributed by atoms with Gasteiger partial charge in [-0.05, 0) is 31.9 Å². The summed E-state index contributed by atoms with van der Waals surface area (Å²) in [6, 6.07) is 5.62. The predicted molar refractivity (Wildman–Crippen MR) is 86.4 cm³/mol. The monoisotopic (exact) mass is 314 g/mol. The molecule has 2 N–H and O–H groups in total. The number of rotatable bonds is 4. The van der Waals surface area contributed by atoms with E-state index in [-0.39, 0.29) is 24.5 Å². The zero-order chi connectivity index (χ0) is 16.2. The number of aliphatic hydroxyl groups excluding tert-OH is 1. The lowest BCUT2D eigenvalue weighted by molar-refractivity contribution is 0.0872. The molecule has 2 heterocycles. The van der Waals surface area contributed by atoms with Gasteiger partial charge in [-0.1, -0.05) is 18.9 Å². The van der Waals surface area contributed by atoms with Gasteiger partial charge in [0.05, 0.1) is 17.5 Å². The molecule has 1 fully saturated rings. The van der Waals surface area contributed by atoms with Gasteiger partial charge in [0, 0.05) is 24.8 Å². The average Bonchev–Trinajstić information content (AvgIpc) is 2.98. The van der Waals surface area contributed by atoms with E-state index in [1.807, 2.05) is 25.1 Å². The van der Waals surface area contributed by atoms with Gasteiger partial charge in [0.2, 0.25) is 0 Å². The highest BCUT2D eigenvalue weighted by atomic mass is 16.3. The Labute approximate surface area is 135 Å². The Balaban J connectivity index is 1.77. The molecule has 0 aliphatic heterocycles. The molecule has 6 heteroatoms. The summed E-state index contributed by atoms with van der Waals surface area (Å²) in [7, 11) is 0. The number of aliphatic hydroxyl groups is 1. The molecule has 1 aliphatic rings. The summed E-state index contributed by atoms with van der Waals surface area (Å²) in [5.41, 5.74) is 1.32. The van der Waals surface area contributed by atoms with Crippen LogP contribution >= 0.6 is 0 Å². The van der Waals surface area contributed by atoms with Crippen LogP contribution in [0.3, 0.4) is 0 Å². The number of carbonyl (C=O) groups excluding carboxylic acids is 1. The normalized spacial score (nSPS) is 21.1. The van der Waals surface area contributed by atoms with Gasteiger partial charge in [-0.15, -0.1) is 0 Å². The van der Waals surface area contributed by atoms with Gasteiger partial charge < -0.3 is 10.4 Å². The average molecular weight is 314 g/mol. The molecule has 0 radical (unpaired) electrons. The van der Waals surface area contributed by atoms with Gasteiger partial charge in [-0.2, -0.15) is 5.10 Å². The fraction of sp³-hybridized carbons (Fsp3) is 0.471. The molecule has 2 aromatic heterocycles. The van der Waals surface area contributed by atoms with Crippen LogP contribution in [0.5, 0.6) is 0 Å². The van der Waals surface area contributed by atoms with Crippen molar-refractivity contribution in [3.8, 4) is 5.82 Å². The molecule has 122 valence electrons. The standard InChI is InChI=1S/C17H22N4O2/c1-12-14(10-19-21(12)16-8-4-5-9-18-16)17(23)20-15-7-3-2-6-13(15)11-22/h4-5,8-10,13,15,22H,2-3,6-7,11H2,1H3,(H,20,23). The lowest BCUT2D eigenvalue weighted by Crippen LogP contribution is -2.43. The van der Waals surface area contributed by atoms with Crippen LogP contribution in [0.4, 0.5) is 0 Å². The Kier molecular flexibility index (Phi) is 4.71. The molecule has 1 saturated carbocycles. The SMILES string of the molecule is Cc1c(C(=O)NC2CCCCC2CO)cnn1-c1ccccn1. The minimum Gasteiger partial charge on any atom is -0.396 e. The van der Waals surface area contributed by atoms with Crippen molar-refractivity contribution in [1.82, 2.24) is 20.1 Å². The number of hydrogen-bond donors (Lipinski definition) is 2. The van der Waals surface area contributed by atoms with E-state index >= 15 is 0 Å². The highest BCUT2D eigenvalue weighted by molar-refractivity contribution is 5.95. The number of nitrogens with one attached hydrogen (secondary N) is 1. The second kappa shape index (κ2) is 6.91. The van der Waals surface area contributed by atoms with Crippen molar-refractivity contribution >= 4 is 5.91 Å². The Morgan fingerprint density at radius 2 is 2.22 bits per heavy atom. The molecule has 2 aromatic rings. The van der Waals surface area contributed by atoms with Gasteiger partial charge in [-0.3, -0.25) is 4.79 Å². The molecule has 2 atom stereocenters. The first-order valence-corrected chi connectivity index (χ1v) is 8.08. The van der Waals surface area contributed by atoms with Gasteiger partial charge in [-0.25, -0.2) is 9.67 Å². The van der Waals surface area contributed by atoms with Crippen LogP contribution < -0.4 is 5.32 Å². The number of hydrogen-bond acceptors (Lipinski definition) is 4. The summed E-state index contributed by atoms with van der Waals surface area (Å²) >= 11 is 0. The summed E-state index contributed by atoms with van der Waals surface area (Å²) in [6.07, 6.45) is 7.38. The Morgan fingerprint density at radius 3 is 2.96 bits per heavy atom. The number of pyridine rings is 1. The number of nitrogens with zero attached hydrogens (tertiary/aromatic N) is 3. The lowest BCUT2D eigenvalue weighted by Gasteiger charge is -2.30. The maximum absolute atomic E-state index is 12.6. The molecular weight excluding hydrogens is 292 g/mol. The summed E-state index contributed by atoms with van der Waals surface area (Å²) < 4.78 is 1.67. The summed E-state index contributed by atoms with van der Waals surface area (Å²) in [6.45, 7) is 1.98. The largest absolute Gasteiger partial charge is 0.396 e. The Hall–Kier alpha value is -2.21. The van der Waals surface area contributed by atoms with E-state index in [0.717, 1.165) is 31.4 Å². The van der Waals surface area contributed by atoms with E-state index in [0.29, 0.717) is 11.4 Å². The van der Waals surface area contributed by atoms with Crippen molar-refractivity contribution in [2.24, 2.45) is 5.92 Å². The van der Waals surface area contributed by atoms with E-state index < -0.39 is 0 Å². The molecular formula is C17H22N4O2. The number of amides is 1. The van der Waals surface area contributed by atoms with Crippen LogP contribution in [0.25, 0.3) is 5.82 Å². The molecule has 0 bridgehead atoms. The van der Waals surface area contributed by atoms with Crippen molar-refractivity contribution in [2.75, 3.05) is 6.61 Å². The zero-order valence-electron chi connectivity index (χ0n) is 13.3. The van der Waals surface area contributed by atoms with E-state index in [2.05, 4.69) is 15.4 Å². The number of aromatic nitrogens is 3. The van der Waals surface area contributed by atoms with Crippen LogP contribution in [0, 0.1) is 12.8 Å². The second-order valence-electron chi connectivity index (χ2n) is 6.05. The van der Waals surface area contributed by atoms with Crippen molar-refractivity contribution in [2.45, 2.75) is 38.6 Å². The van der Waals surface area contributed by atoms with Crippen molar-refractivity contribution < 1.29 is 9.90 Å². The lowest BCUT2D eigenvalue weighted by atomic mass is 9.85. The van der Waals surface area contributed by atoms with Crippen molar-refractivity contribution in [3.05, 3.63) is 41.9 Å². The van der Waals surface area contributed by atoms with Gasteiger partial charge in [0.15, 0.2) is 5.82 Å². The van der Waals surface area contributed by atoms with Crippen LogP contribution in [0.1, 0.15) is 41.7 Å². The molecule has 6 nitrogen and oxygen atoms in total. The molecule has 1 amide bonds. The maximum atomic E-state index is 12.6. The molecule has 0 spiro atoms. The number of carbonyl (C=O) groups is 1. The fourth-order valence-electron chi connectivity index (χ4n) is 3.20. The molecule has 3 rings (SSSR count). The van der Waals surface area contributed by atoms with Crippen molar-refractivity contribution in [3.63, 3.8) is 0 Å². The van der Waals surface area contributed by atoms with Crippen LogP contribution in [0.2, 0.25) is 0 Å². The smallest absolute Gasteiger partial charge is 0.254 e. The first-order chi connectivity index (χ1) is 11.2. The predicted octanol–water partition coefficient (Wildman–Crippen LogP) is 1.86. The minimum atomic E-state index is -0.130. The molecule has 0 aromatic carbocycles. The first-order valence-electron chi connectivity index (χ1n) is 8.08. The fourth-order valence-corrected chi connectivity index (χ4v) is 3.20. The van der Waals surface area contributed by atoms with Crippen LogP contribution in [0.15, 0.2) is 30.6 Å². The third-order valence-electron chi connectivity index (χ3n) is 4.58. The molecule has 1 aliphatic carbocycles. The topological polar surface area (TPSA) is 80.0 Å². The van der Waals surface area contributed by atoms with Gasteiger partial charge >= 0.3 is 0 Å². The highest BCUT2D eigenvalue weighted by Crippen LogP contribution is 2.24. The second-order valence-corrected chi connectivity index (χ2v) is 6.05.